The van der Waals surface area contributed by atoms with Crippen LogP contribution in [0.1, 0.15) is 55.4 Å². The minimum absolute atomic E-state index is 0.210. The second-order valence-electron chi connectivity index (χ2n) is 7.79. The van der Waals surface area contributed by atoms with Crippen molar-refractivity contribution in [2.75, 3.05) is 13.2 Å². The second-order valence-corrected chi connectivity index (χ2v) is 7.79. The summed E-state index contributed by atoms with van der Waals surface area (Å²) in [5, 5.41) is 7.17. The van der Waals surface area contributed by atoms with E-state index >= 15 is 0 Å². The molecule has 0 fully saturated rings. The van der Waals surface area contributed by atoms with Gasteiger partial charge in [-0.3, -0.25) is 0 Å². The van der Waals surface area contributed by atoms with Gasteiger partial charge in [0.05, 0.1) is 12.3 Å². The molecule has 0 bridgehead atoms. The maximum atomic E-state index is 12.5. The molecule has 1 aromatic heterocycles. The van der Waals surface area contributed by atoms with Crippen LogP contribution in [0.2, 0.25) is 0 Å². The van der Waals surface area contributed by atoms with Crippen molar-refractivity contribution in [3.8, 4) is 5.69 Å². The lowest BCUT2D eigenvalue weighted by Crippen LogP contribution is -2.33. The number of nitrogens with zero attached hydrogens (tertiary/aromatic N) is 2. The number of aromatic nitrogens is 2. The van der Waals surface area contributed by atoms with E-state index in [1.165, 1.54) is 0 Å². The van der Waals surface area contributed by atoms with Crippen LogP contribution in [-0.2, 0) is 22.3 Å². The van der Waals surface area contributed by atoms with Gasteiger partial charge in [-0.1, -0.05) is 18.2 Å². The van der Waals surface area contributed by atoms with E-state index in [9.17, 15) is 9.59 Å². The SMILES string of the molecule is CC(C)(C)OC(=O)NCCCOC(=O)c1nn(-c2ccccc2)c2c1CCC2. The van der Waals surface area contributed by atoms with E-state index in [-0.39, 0.29) is 6.61 Å². The minimum atomic E-state index is -0.533. The molecular formula is C21H27N3O4. The van der Waals surface area contributed by atoms with Crippen LogP contribution in [0.5, 0.6) is 0 Å². The van der Waals surface area contributed by atoms with E-state index in [0.29, 0.717) is 18.7 Å². The molecule has 0 spiro atoms. The molecule has 1 N–H and O–H groups in total. The number of amides is 1. The maximum Gasteiger partial charge on any atom is 0.407 e. The molecular weight excluding hydrogens is 358 g/mol. The Morgan fingerprint density at radius 2 is 1.93 bits per heavy atom. The lowest BCUT2D eigenvalue weighted by atomic mass is 10.2. The predicted octanol–water partition coefficient (Wildman–Crippen LogP) is 3.43. The number of alkyl carbamates (subject to hydrolysis) is 1. The Kier molecular flexibility index (Phi) is 6.02. The molecule has 0 unspecified atom stereocenters. The molecule has 0 aliphatic heterocycles. The summed E-state index contributed by atoms with van der Waals surface area (Å²) >= 11 is 0. The van der Waals surface area contributed by atoms with Gasteiger partial charge in [0.1, 0.15) is 5.60 Å². The van der Waals surface area contributed by atoms with Crippen LogP contribution in [0.4, 0.5) is 4.79 Å². The zero-order valence-corrected chi connectivity index (χ0v) is 16.7. The van der Waals surface area contributed by atoms with E-state index in [1.54, 1.807) is 20.8 Å². The van der Waals surface area contributed by atoms with Gasteiger partial charge in [0, 0.05) is 17.8 Å². The molecule has 0 atom stereocenters. The van der Waals surface area contributed by atoms with Gasteiger partial charge in [0.25, 0.3) is 0 Å². The Hall–Kier alpha value is -2.83. The molecule has 7 nitrogen and oxygen atoms in total. The number of ether oxygens (including phenoxy) is 2. The fourth-order valence-electron chi connectivity index (χ4n) is 3.19. The lowest BCUT2D eigenvalue weighted by molar-refractivity contribution is 0.0477. The molecule has 7 heteroatoms. The summed E-state index contributed by atoms with van der Waals surface area (Å²) < 4.78 is 12.4. The molecule has 1 amide bonds. The van der Waals surface area contributed by atoms with Crippen LogP contribution in [0, 0.1) is 0 Å². The van der Waals surface area contributed by atoms with E-state index < -0.39 is 17.7 Å². The van der Waals surface area contributed by atoms with E-state index in [4.69, 9.17) is 9.47 Å². The highest BCUT2D eigenvalue weighted by Crippen LogP contribution is 2.28. The van der Waals surface area contributed by atoms with Crippen molar-refractivity contribution in [2.45, 2.75) is 52.1 Å². The number of carbonyl (C=O) groups is 2. The molecule has 1 aliphatic rings. The highest BCUT2D eigenvalue weighted by Gasteiger charge is 2.27. The molecule has 150 valence electrons. The standard InChI is InChI=1S/C21H27N3O4/c1-21(2,3)28-20(26)22-13-8-14-27-19(25)18-16-11-7-12-17(16)24(23-18)15-9-5-4-6-10-15/h4-6,9-10H,7-8,11-14H2,1-3H3,(H,22,26). The zero-order chi connectivity index (χ0) is 20.1. The van der Waals surface area contributed by atoms with Crippen LogP contribution in [0.15, 0.2) is 30.3 Å². The van der Waals surface area contributed by atoms with Crippen LogP contribution in [0.3, 0.4) is 0 Å². The number of fused-ring (bicyclic) bond motifs is 1. The number of para-hydroxylation sites is 1. The fraction of sp³-hybridized carbons (Fsp3) is 0.476. The highest BCUT2D eigenvalue weighted by molar-refractivity contribution is 5.89. The number of nitrogens with one attached hydrogen (secondary N) is 1. The normalized spacial score (nSPS) is 13.1. The summed E-state index contributed by atoms with van der Waals surface area (Å²) in [4.78, 5) is 24.1. The maximum absolute atomic E-state index is 12.5. The third-order valence-corrected chi connectivity index (χ3v) is 4.35. The van der Waals surface area contributed by atoms with Gasteiger partial charge in [-0.25, -0.2) is 14.3 Å². The van der Waals surface area contributed by atoms with Crippen molar-refractivity contribution in [1.82, 2.24) is 15.1 Å². The summed E-state index contributed by atoms with van der Waals surface area (Å²) in [5.41, 5.74) is 2.89. The number of rotatable bonds is 6. The van der Waals surface area contributed by atoms with E-state index in [2.05, 4.69) is 10.4 Å². The first-order valence-corrected chi connectivity index (χ1v) is 9.65. The summed E-state index contributed by atoms with van der Waals surface area (Å²) in [6, 6.07) is 9.81. The summed E-state index contributed by atoms with van der Waals surface area (Å²) in [6.07, 6.45) is 2.79. The molecule has 1 aromatic carbocycles. The molecule has 2 aromatic rings. The van der Waals surface area contributed by atoms with E-state index in [0.717, 1.165) is 36.2 Å². The van der Waals surface area contributed by atoms with Crippen molar-refractivity contribution in [1.29, 1.82) is 0 Å². The first-order chi connectivity index (χ1) is 13.3. The molecule has 28 heavy (non-hydrogen) atoms. The average Bonchev–Trinajstić information content (AvgIpc) is 3.23. The Morgan fingerprint density at radius 3 is 2.64 bits per heavy atom. The summed E-state index contributed by atoms with van der Waals surface area (Å²) in [6.45, 7) is 6.00. The van der Waals surface area contributed by atoms with E-state index in [1.807, 2.05) is 35.0 Å². The van der Waals surface area contributed by atoms with Gasteiger partial charge in [-0.15, -0.1) is 0 Å². The number of hydrogen-bond acceptors (Lipinski definition) is 5. The Bertz CT molecular complexity index is 837. The first-order valence-electron chi connectivity index (χ1n) is 9.65. The van der Waals surface area contributed by atoms with Crippen LogP contribution < -0.4 is 5.32 Å². The third kappa shape index (κ3) is 4.91. The van der Waals surface area contributed by atoms with Crippen molar-refractivity contribution in [2.24, 2.45) is 0 Å². The van der Waals surface area contributed by atoms with Gasteiger partial charge < -0.3 is 14.8 Å². The zero-order valence-electron chi connectivity index (χ0n) is 16.7. The smallest absolute Gasteiger partial charge is 0.407 e. The number of esters is 1. The van der Waals surface area contributed by atoms with Gasteiger partial charge in [0.15, 0.2) is 5.69 Å². The quantitative estimate of drug-likeness (QED) is 0.608. The Balaban J connectivity index is 1.54. The summed E-state index contributed by atoms with van der Waals surface area (Å²) in [5.74, 6) is -0.412. The number of hydrogen-bond donors (Lipinski definition) is 1. The van der Waals surface area contributed by atoms with Crippen molar-refractivity contribution in [3.63, 3.8) is 0 Å². The average molecular weight is 385 g/mol. The van der Waals surface area contributed by atoms with Crippen LogP contribution >= 0.6 is 0 Å². The highest BCUT2D eigenvalue weighted by atomic mass is 16.6. The van der Waals surface area contributed by atoms with Gasteiger partial charge >= 0.3 is 12.1 Å². The monoisotopic (exact) mass is 385 g/mol. The van der Waals surface area contributed by atoms with Crippen molar-refractivity contribution < 1.29 is 19.1 Å². The second kappa shape index (κ2) is 8.46. The third-order valence-electron chi connectivity index (χ3n) is 4.35. The van der Waals surface area contributed by atoms with Crippen molar-refractivity contribution >= 4 is 12.1 Å². The van der Waals surface area contributed by atoms with Gasteiger partial charge in [-0.2, -0.15) is 5.10 Å². The first kappa shape index (κ1) is 19.9. The van der Waals surface area contributed by atoms with Crippen LogP contribution in [-0.4, -0.2) is 40.6 Å². The lowest BCUT2D eigenvalue weighted by Gasteiger charge is -2.19. The minimum Gasteiger partial charge on any atom is -0.461 e. The fourth-order valence-corrected chi connectivity index (χ4v) is 3.19. The molecule has 0 saturated carbocycles. The molecule has 1 aliphatic carbocycles. The predicted molar refractivity (Wildman–Crippen MR) is 105 cm³/mol. The number of carbonyl (C=O) groups excluding carboxylic acids is 2. The molecule has 0 saturated heterocycles. The topological polar surface area (TPSA) is 82.4 Å². The van der Waals surface area contributed by atoms with Gasteiger partial charge in [0.2, 0.25) is 0 Å². The summed E-state index contributed by atoms with van der Waals surface area (Å²) in [7, 11) is 0. The molecule has 0 radical (unpaired) electrons. The van der Waals surface area contributed by atoms with Crippen molar-refractivity contribution in [3.05, 3.63) is 47.3 Å². The molecule has 1 heterocycles. The van der Waals surface area contributed by atoms with Gasteiger partial charge in [-0.05, 0) is 58.6 Å². The Morgan fingerprint density at radius 1 is 1.18 bits per heavy atom. The number of benzene rings is 1. The molecule has 3 rings (SSSR count). The largest absolute Gasteiger partial charge is 0.461 e. The van der Waals surface area contributed by atoms with Crippen LogP contribution in [0.25, 0.3) is 5.69 Å². The Labute approximate surface area is 165 Å².